The third kappa shape index (κ3) is 4.41. The summed E-state index contributed by atoms with van der Waals surface area (Å²) in [4.78, 5) is 15.9. The summed E-state index contributed by atoms with van der Waals surface area (Å²) in [6.45, 7) is 5.12. The maximum absolute atomic E-state index is 11.6. The fourth-order valence-electron chi connectivity index (χ4n) is 1.45. The monoisotopic (exact) mass is 256 g/mol. The first-order chi connectivity index (χ1) is 8.04. The Kier molecular flexibility index (Phi) is 5.54. The molecular formula is C11H20N4OS. The summed E-state index contributed by atoms with van der Waals surface area (Å²) in [5.41, 5.74) is 11.7. The summed E-state index contributed by atoms with van der Waals surface area (Å²) < 4.78 is 0. The number of hydrogen-bond acceptors (Lipinski definition) is 5. The topological polar surface area (TPSA) is 94.0 Å². The largest absolute Gasteiger partial charge is 0.349 e. The van der Waals surface area contributed by atoms with Crippen molar-refractivity contribution in [1.29, 1.82) is 0 Å². The summed E-state index contributed by atoms with van der Waals surface area (Å²) in [6, 6.07) is -0.0870. The van der Waals surface area contributed by atoms with E-state index in [1.165, 1.54) is 11.3 Å². The van der Waals surface area contributed by atoms with Crippen molar-refractivity contribution in [3.8, 4) is 0 Å². The first-order valence-electron chi connectivity index (χ1n) is 5.73. The Balaban J connectivity index is 2.61. The fraction of sp³-hybridized carbons (Fsp3) is 0.636. The summed E-state index contributed by atoms with van der Waals surface area (Å²) in [5, 5.41) is 5.23. The molecule has 0 radical (unpaired) electrons. The smallest absolute Gasteiger partial charge is 0.270 e. The zero-order valence-electron chi connectivity index (χ0n) is 10.3. The predicted molar refractivity (Wildman–Crippen MR) is 69.9 cm³/mol. The van der Waals surface area contributed by atoms with Crippen LogP contribution in [0.3, 0.4) is 0 Å². The highest BCUT2D eigenvalue weighted by Crippen LogP contribution is 2.22. The molecule has 1 aromatic heterocycles. The van der Waals surface area contributed by atoms with E-state index >= 15 is 0 Å². The number of carbonyl (C=O) groups is 1. The molecule has 5 N–H and O–H groups in total. The van der Waals surface area contributed by atoms with Crippen LogP contribution in [-0.4, -0.2) is 24.0 Å². The molecule has 1 heterocycles. The van der Waals surface area contributed by atoms with Crippen LogP contribution < -0.4 is 16.8 Å². The van der Waals surface area contributed by atoms with Crippen LogP contribution >= 0.6 is 11.3 Å². The highest BCUT2D eigenvalue weighted by Gasteiger charge is 2.15. The van der Waals surface area contributed by atoms with Gasteiger partial charge >= 0.3 is 0 Å². The van der Waals surface area contributed by atoms with E-state index in [-0.39, 0.29) is 11.9 Å². The number of nitrogens with one attached hydrogen (secondary N) is 1. The lowest BCUT2D eigenvalue weighted by atomic mass is 10.1. The summed E-state index contributed by atoms with van der Waals surface area (Å²) in [5.74, 6) is 0.332. The quantitative estimate of drug-likeness (QED) is 0.704. The lowest BCUT2D eigenvalue weighted by Crippen LogP contribution is -2.29. The molecule has 1 rings (SSSR count). The van der Waals surface area contributed by atoms with Crippen LogP contribution in [0.25, 0.3) is 0 Å². The van der Waals surface area contributed by atoms with E-state index in [0.29, 0.717) is 24.7 Å². The Morgan fingerprint density at radius 1 is 1.59 bits per heavy atom. The molecule has 0 aliphatic rings. The minimum Gasteiger partial charge on any atom is -0.349 e. The lowest BCUT2D eigenvalue weighted by Gasteiger charge is -2.10. The van der Waals surface area contributed by atoms with Crippen molar-refractivity contribution in [3.05, 3.63) is 16.1 Å². The maximum Gasteiger partial charge on any atom is 0.270 e. The van der Waals surface area contributed by atoms with Crippen molar-refractivity contribution in [2.75, 3.05) is 13.1 Å². The molecule has 6 heteroatoms. The average Bonchev–Trinajstić information content (AvgIpc) is 2.74. The van der Waals surface area contributed by atoms with E-state index in [2.05, 4.69) is 24.1 Å². The van der Waals surface area contributed by atoms with Crippen LogP contribution in [0.1, 0.15) is 41.8 Å². The number of rotatable bonds is 6. The minimum absolute atomic E-state index is 0.0870. The first kappa shape index (κ1) is 14.1. The summed E-state index contributed by atoms with van der Waals surface area (Å²) in [6.07, 6.45) is 0.872. The molecular weight excluding hydrogens is 236 g/mol. The van der Waals surface area contributed by atoms with Gasteiger partial charge in [-0.2, -0.15) is 0 Å². The summed E-state index contributed by atoms with van der Waals surface area (Å²) >= 11 is 1.43. The second-order valence-electron chi connectivity index (χ2n) is 4.35. The van der Waals surface area contributed by atoms with Crippen molar-refractivity contribution in [2.45, 2.75) is 26.3 Å². The van der Waals surface area contributed by atoms with Gasteiger partial charge in [-0.25, -0.2) is 4.98 Å². The molecule has 1 atom stereocenters. The van der Waals surface area contributed by atoms with E-state index in [0.717, 1.165) is 11.4 Å². The van der Waals surface area contributed by atoms with Gasteiger partial charge in [-0.05, 0) is 12.3 Å². The molecule has 0 aromatic carbocycles. The van der Waals surface area contributed by atoms with Gasteiger partial charge in [0.1, 0.15) is 10.7 Å². The second kappa shape index (κ2) is 6.68. The number of aromatic nitrogens is 1. The van der Waals surface area contributed by atoms with Crippen molar-refractivity contribution in [2.24, 2.45) is 17.4 Å². The van der Waals surface area contributed by atoms with Crippen LogP contribution in [0.5, 0.6) is 0 Å². The van der Waals surface area contributed by atoms with Crippen molar-refractivity contribution in [1.82, 2.24) is 10.3 Å². The van der Waals surface area contributed by atoms with Gasteiger partial charge in [-0.1, -0.05) is 13.8 Å². The molecule has 0 aliphatic heterocycles. The van der Waals surface area contributed by atoms with Gasteiger partial charge in [0.2, 0.25) is 0 Å². The average molecular weight is 256 g/mol. The molecule has 0 spiro atoms. The van der Waals surface area contributed by atoms with Gasteiger partial charge in [-0.15, -0.1) is 11.3 Å². The Labute approximate surface area is 106 Å². The number of thiazole rings is 1. The number of nitrogens with zero attached hydrogens (tertiary/aromatic N) is 1. The minimum atomic E-state index is -0.185. The highest BCUT2D eigenvalue weighted by molar-refractivity contribution is 7.09. The summed E-state index contributed by atoms with van der Waals surface area (Å²) in [7, 11) is 0. The van der Waals surface area contributed by atoms with Crippen LogP contribution in [-0.2, 0) is 0 Å². The van der Waals surface area contributed by atoms with Gasteiger partial charge in [0, 0.05) is 18.5 Å². The standard InChI is InChI=1S/C11H20N4OS/c1-7(2)5-8(13)11-15-9(6-17-11)10(16)14-4-3-12/h6-8H,3-5,12-13H2,1-2H3,(H,14,16). The molecule has 5 nitrogen and oxygen atoms in total. The number of nitrogens with two attached hydrogens (primary N) is 2. The normalized spacial score (nSPS) is 12.8. The Hall–Kier alpha value is -0.980. The number of amides is 1. The van der Waals surface area contributed by atoms with E-state index in [4.69, 9.17) is 11.5 Å². The van der Waals surface area contributed by atoms with E-state index < -0.39 is 0 Å². The van der Waals surface area contributed by atoms with Crippen LogP contribution in [0.4, 0.5) is 0 Å². The fourth-order valence-corrected chi connectivity index (χ4v) is 2.26. The Morgan fingerprint density at radius 3 is 2.88 bits per heavy atom. The molecule has 0 saturated heterocycles. The highest BCUT2D eigenvalue weighted by atomic mass is 32.1. The van der Waals surface area contributed by atoms with Gasteiger partial charge in [0.15, 0.2) is 0 Å². The van der Waals surface area contributed by atoms with Gasteiger partial charge in [0.05, 0.1) is 6.04 Å². The second-order valence-corrected chi connectivity index (χ2v) is 5.24. The Morgan fingerprint density at radius 2 is 2.29 bits per heavy atom. The molecule has 17 heavy (non-hydrogen) atoms. The molecule has 1 amide bonds. The van der Waals surface area contributed by atoms with Crippen LogP contribution in [0, 0.1) is 5.92 Å². The van der Waals surface area contributed by atoms with Gasteiger partial charge in [0.25, 0.3) is 5.91 Å². The molecule has 96 valence electrons. The number of carbonyl (C=O) groups excluding carboxylic acids is 1. The predicted octanol–water partition coefficient (Wildman–Crippen LogP) is 0.878. The lowest BCUT2D eigenvalue weighted by molar-refractivity contribution is 0.0950. The van der Waals surface area contributed by atoms with Crippen molar-refractivity contribution < 1.29 is 4.79 Å². The molecule has 1 aromatic rings. The van der Waals surface area contributed by atoms with E-state index in [9.17, 15) is 4.79 Å². The Bertz CT molecular complexity index is 364. The number of hydrogen-bond donors (Lipinski definition) is 3. The van der Waals surface area contributed by atoms with Crippen molar-refractivity contribution in [3.63, 3.8) is 0 Å². The molecule has 0 saturated carbocycles. The molecule has 0 bridgehead atoms. The SMILES string of the molecule is CC(C)CC(N)c1nc(C(=O)NCCN)cs1. The third-order valence-electron chi connectivity index (χ3n) is 2.23. The van der Waals surface area contributed by atoms with E-state index in [1.54, 1.807) is 5.38 Å². The van der Waals surface area contributed by atoms with Gasteiger partial charge in [-0.3, -0.25) is 4.79 Å². The van der Waals surface area contributed by atoms with Gasteiger partial charge < -0.3 is 16.8 Å². The van der Waals surface area contributed by atoms with Crippen LogP contribution in [0.15, 0.2) is 5.38 Å². The first-order valence-corrected chi connectivity index (χ1v) is 6.61. The van der Waals surface area contributed by atoms with Crippen molar-refractivity contribution >= 4 is 17.2 Å². The van der Waals surface area contributed by atoms with Crippen LogP contribution in [0.2, 0.25) is 0 Å². The molecule has 0 aliphatic carbocycles. The zero-order chi connectivity index (χ0) is 12.8. The maximum atomic E-state index is 11.6. The third-order valence-corrected chi connectivity index (χ3v) is 3.20. The molecule has 1 unspecified atom stereocenters. The van der Waals surface area contributed by atoms with E-state index in [1.807, 2.05) is 0 Å². The molecule has 0 fully saturated rings. The zero-order valence-corrected chi connectivity index (χ0v) is 11.1.